The van der Waals surface area contributed by atoms with E-state index in [1.165, 1.54) is 11.3 Å². The average molecular weight is 332 g/mol. The summed E-state index contributed by atoms with van der Waals surface area (Å²) in [6.45, 7) is 6.25. The number of carbonyl (C=O) groups excluding carboxylic acids is 2. The van der Waals surface area contributed by atoms with Gasteiger partial charge in [0, 0.05) is 4.88 Å². The number of rotatable bonds is 6. The first-order valence-electron chi connectivity index (χ1n) is 7.33. The fourth-order valence-corrected chi connectivity index (χ4v) is 3.32. The molecule has 3 N–H and O–H groups in total. The van der Waals surface area contributed by atoms with Gasteiger partial charge in [0.1, 0.15) is 10.8 Å². The van der Waals surface area contributed by atoms with Crippen molar-refractivity contribution in [1.82, 2.24) is 0 Å². The Bertz CT molecular complexity index is 720. The van der Waals surface area contributed by atoms with Gasteiger partial charge in [-0.15, -0.1) is 11.3 Å². The van der Waals surface area contributed by atoms with Crippen molar-refractivity contribution in [2.75, 3.05) is 11.9 Å². The number of anilines is 1. The van der Waals surface area contributed by atoms with Crippen LogP contribution in [0.3, 0.4) is 0 Å². The van der Waals surface area contributed by atoms with Crippen LogP contribution in [0.5, 0.6) is 5.75 Å². The molecule has 5 nitrogen and oxygen atoms in total. The summed E-state index contributed by atoms with van der Waals surface area (Å²) < 4.78 is 5.37. The number of nitrogens with one attached hydrogen (secondary N) is 1. The van der Waals surface area contributed by atoms with Crippen LogP contribution in [0.2, 0.25) is 0 Å². The molecule has 0 saturated heterocycles. The van der Waals surface area contributed by atoms with Crippen molar-refractivity contribution < 1.29 is 14.3 Å². The first-order chi connectivity index (χ1) is 10.9. The Labute approximate surface area is 139 Å². The number of amides is 2. The quantitative estimate of drug-likeness (QED) is 0.853. The number of aryl methyl sites for hydroxylation is 1. The van der Waals surface area contributed by atoms with Gasteiger partial charge >= 0.3 is 0 Å². The highest BCUT2D eigenvalue weighted by molar-refractivity contribution is 7.16. The van der Waals surface area contributed by atoms with Crippen LogP contribution in [-0.2, 0) is 11.2 Å². The summed E-state index contributed by atoms with van der Waals surface area (Å²) >= 11 is 1.36. The number of primary amides is 1. The SMILES string of the molecule is CCOc1ccc(CC(=O)Nc2sc(C)c(C)c2C(N)=O)cc1. The van der Waals surface area contributed by atoms with Crippen molar-refractivity contribution in [3.63, 3.8) is 0 Å². The summed E-state index contributed by atoms with van der Waals surface area (Å²) in [4.78, 5) is 24.7. The number of carbonyl (C=O) groups is 2. The summed E-state index contributed by atoms with van der Waals surface area (Å²) in [5, 5.41) is 3.31. The second-order valence-electron chi connectivity index (χ2n) is 5.15. The zero-order valence-corrected chi connectivity index (χ0v) is 14.3. The first-order valence-corrected chi connectivity index (χ1v) is 8.15. The molecule has 0 bridgehead atoms. The second kappa shape index (κ2) is 7.28. The van der Waals surface area contributed by atoms with Gasteiger partial charge in [0.25, 0.3) is 5.91 Å². The Kier molecular flexibility index (Phi) is 5.39. The van der Waals surface area contributed by atoms with Crippen molar-refractivity contribution in [3.8, 4) is 5.75 Å². The van der Waals surface area contributed by atoms with Crippen LogP contribution in [0.4, 0.5) is 5.00 Å². The number of hydrogen-bond donors (Lipinski definition) is 2. The van der Waals surface area contributed by atoms with Crippen molar-refractivity contribution in [3.05, 3.63) is 45.8 Å². The van der Waals surface area contributed by atoms with Crippen molar-refractivity contribution in [1.29, 1.82) is 0 Å². The van der Waals surface area contributed by atoms with Crippen LogP contribution < -0.4 is 15.8 Å². The van der Waals surface area contributed by atoms with Gasteiger partial charge < -0.3 is 15.8 Å². The van der Waals surface area contributed by atoms with E-state index in [0.29, 0.717) is 17.2 Å². The monoisotopic (exact) mass is 332 g/mol. The van der Waals surface area contributed by atoms with Crippen LogP contribution >= 0.6 is 11.3 Å². The Morgan fingerprint density at radius 3 is 2.43 bits per heavy atom. The van der Waals surface area contributed by atoms with E-state index in [1.807, 2.05) is 45.0 Å². The minimum Gasteiger partial charge on any atom is -0.494 e. The first kappa shape index (κ1) is 17.0. The highest BCUT2D eigenvalue weighted by Gasteiger charge is 2.18. The molecule has 6 heteroatoms. The molecule has 23 heavy (non-hydrogen) atoms. The fraction of sp³-hybridized carbons (Fsp3) is 0.294. The van der Waals surface area contributed by atoms with E-state index < -0.39 is 5.91 Å². The third kappa shape index (κ3) is 4.10. The lowest BCUT2D eigenvalue weighted by molar-refractivity contribution is -0.115. The normalized spacial score (nSPS) is 10.4. The van der Waals surface area contributed by atoms with Crippen LogP contribution in [0, 0.1) is 13.8 Å². The van der Waals surface area contributed by atoms with Crippen molar-refractivity contribution in [2.24, 2.45) is 5.73 Å². The summed E-state index contributed by atoms with van der Waals surface area (Å²) in [5.74, 6) is 0.0679. The maximum Gasteiger partial charge on any atom is 0.251 e. The van der Waals surface area contributed by atoms with E-state index in [1.54, 1.807) is 0 Å². The maximum atomic E-state index is 12.2. The van der Waals surface area contributed by atoms with Crippen LogP contribution in [0.15, 0.2) is 24.3 Å². The van der Waals surface area contributed by atoms with Crippen LogP contribution in [0.1, 0.15) is 33.3 Å². The molecule has 2 aromatic rings. The molecule has 1 aromatic heterocycles. The number of thiophene rings is 1. The van der Waals surface area contributed by atoms with E-state index in [2.05, 4.69) is 5.32 Å². The third-order valence-corrected chi connectivity index (χ3v) is 4.61. The molecule has 2 amide bonds. The van der Waals surface area contributed by atoms with E-state index in [9.17, 15) is 9.59 Å². The van der Waals surface area contributed by atoms with Crippen LogP contribution in [-0.4, -0.2) is 18.4 Å². The zero-order chi connectivity index (χ0) is 17.0. The molecule has 0 fully saturated rings. The van der Waals surface area contributed by atoms with E-state index in [-0.39, 0.29) is 12.3 Å². The fourth-order valence-electron chi connectivity index (χ4n) is 2.24. The molecule has 1 heterocycles. The summed E-state index contributed by atoms with van der Waals surface area (Å²) in [6, 6.07) is 7.37. The molecule has 0 saturated carbocycles. The standard InChI is InChI=1S/C17H20N2O3S/c1-4-22-13-7-5-12(6-8-13)9-14(20)19-17-15(16(18)21)10(2)11(3)23-17/h5-8H,4,9H2,1-3H3,(H2,18,21)(H,19,20). The summed E-state index contributed by atoms with van der Waals surface area (Å²) in [7, 11) is 0. The molecule has 122 valence electrons. The van der Waals surface area contributed by atoms with Crippen molar-refractivity contribution >= 4 is 28.2 Å². The van der Waals surface area contributed by atoms with Crippen LogP contribution in [0.25, 0.3) is 0 Å². The zero-order valence-electron chi connectivity index (χ0n) is 13.4. The average Bonchev–Trinajstić information content (AvgIpc) is 2.76. The second-order valence-corrected chi connectivity index (χ2v) is 6.38. The highest BCUT2D eigenvalue weighted by Crippen LogP contribution is 2.32. The minimum absolute atomic E-state index is 0.182. The number of ether oxygens (including phenoxy) is 1. The maximum absolute atomic E-state index is 12.2. The molecule has 0 aliphatic rings. The number of benzene rings is 1. The molecule has 0 unspecified atom stereocenters. The Morgan fingerprint density at radius 2 is 1.87 bits per heavy atom. The molecule has 0 atom stereocenters. The molecule has 0 aliphatic carbocycles. The van der Waals surface area contributed by atoms with E-state index >= 15 is 0 Å². The molecular formula is C17H20N2O3S. The topological polar surface area (TPSA) is 81.4 Å². The Morgan fingerprint density at radius 1 is 1.22 bits per heavy atom. The van der Waals surface area contributed by atoms with Gasteiger partial charge in [0.05, 0.1) is 18.6 Å². The smallest absolute Gasteiger partial charge is 0.251 e. The van der Waals surface area contributed by atoms with E-state index in [0.717, 1.165) is 21.8 Å². The lowest BCUT2D eigenvalue weighted by atomic mass is 10.1. The predicted molar refractivity (Wildman–Crippen MR) is 92.3 cm³/mol. The van der Waals surface area contributed by atoms with Crippen molar-refractivity contribution in [2.45, 2.75) is 27.2 Å². The minimum atomic E-state index is -0.525. The summed E-state index contributed by atoms with van der Waals surface area (Å²) in [6.07, 6.45) is 0.223. The number of nitrogens with two attached hydrogens (primary N) is 1. The molecule has 0 spiro atoms. The molecule has 0 radical (unpaired) electrons. The predicted octanol–water partition coefficient (Wildman–Crippen LogP) is 3.04. The Hall–Kier alpha value is -2.34. The molecule has 1 aromatic carbocycles. The molecule has 2 rings (SSSR count). The van der Waals surface area contributed by atoms with E-state index in [4.69, 9.17) is 10.5 Å². The largest absolute Gasteiger partial charge is 0.494 e. The Balaban J connectivity index is 2.08. The third-order valence-electron chi connectivity index (χ3n) is 3.48. The molecule has 0 aliphatic heterocycles. The molecular weight excluding hydrogens is 312 g/mol. The van der Waals surface area contributed by atoms with Gasteiger partial charge in [-0.1, -0.05) is 12.1 Å². The van der Waals surface area contributed by atoms with Gasteiger partial charge in [-0.25, -0.2) is 0 Å². The van der Waals surface area contributed by atoms with Gasteiger partial charge in [-0.2, -0.15) is 0 Å². The lowest BCUT2D eigenvalue weighted by Crippen LogP contribution is -2.18. The van der Waals surface area contributed by atoms with Gasteiger partial charge in [0.15, 0.2) is 0 Å². The summed E-state index contributed by atoms with van der Waals surface area (Å²) in [5.41, 5.74) is 7.49. The number of hydrogen-bond acceptors (Lipinski definition) is 4. The lowest BCUT2D eigenvalue weighted by Gasteiger charge is -2.07. The highest BCUT2D eigenvalue weighted by atomic mass is 32.1. The van der Waals surface area contributed by atoms with Gasteiger partial charge in [-0.3, -0.25) is 9.59 Å². The van der Waals surface area contributed by atoms with Gasteiger partial charge in [-0.05, 0) is 44.0 Å². The van der Waals surface area contributed by atoms with Gasteiger partial charge in [0.2, 0.25) is 5.91 Å².